The van der Waals surface area contributed by atoms with Crippen molar-refractivity contribution in [2.75, 3.05) is 12.4 Å². The van der Waals surface area contributed by atoms with Gasteiger partial charge in [0.2, 0.25) is 0 Å². The van der Waals surface area contributed by atoms with Gasteiger partial charge in [-0.05, 0) is 37.3 Å². The smallest absolute Gasteiger partial charge is 0.338 e. The van der Waals surface area contributed by atoms with Crippen LogP contribution in [0.2, 0.25) is 10.0 Å². The van der Waals surface area contributed by atoms with Crippen LogP contribution in [0.4, 0.5) is 5.82 Å². The first kappa shape index (κ1) is 18.0. The molecule has 0 saturated heterocycles. The number of aromatic nitrogens is 1. The zero-order valence-electron chi connectivity index (χ0n) is 12.9. The summed E-state index contributed by atoms with van der Waals surface area (Å²) in [4.78, 5) is 28.0. The maximum Gasteiger partial charge on any atom is 0.338 e. The van der Waals surface area contributed by atoms with E-state index >= 15 is 0 Å². The molecule has 1 aromatic carbocycles. The Bertz CT molecular complexity index is 750. The largest absolute Gasteiger partial charge is 0.497 e. The molecule has 126 valence electrons. The topological polar surface area (TPSA) is 77.5 Å². The van der Waals surface area contributed by atoms with Gasteiger partial charge in [0.1, 0.15) is 5.75 Å². The molecule has 2 aromatic rings. The summed E-state index contributed by atoms with van der Waals surface area (Å²) < 4.78 is 10.1. The van der Waals surface area contributed by atoms with E-state index in [2.05, 4.69) is 10.3 Å². The molecule has 1 amide bonds. The first-order valence-corrected chi connectivity index (χ1v) is 7.63. The van der Waals surface area contributed by atoms with Crippen LogP contribution in [0.5, 0.6) is 5.75 Å². The fourth-order valence-electron chi connectivity index (χ4n) is 1.73. The van der Waals surface area contributed by atoms with Crippen molar-refractivity contribution in [3.63, 3.8) is 0 Å². The molecule has 0 fully saturated rings. The number of hydrogen-bond donors (Lipinski definition) is 1. The highest BCUT2D eigenvalue weighted by molar-refractivity contribution is 6.36. The van der Waals surface area contributed by atoms with Gasteiger partial charge in [-0.15, -0.1) is 0 Å². The molecule has 0 spiro atoms. The van der Waals surface area contributed by atoms with E-state index in [-0.39, 0.29) is 10.8 Å². The number of hydrogen-bond acceptors (Lipinski definition) is 5. The second-order valence-electron chi connectivity index (χ2n) is 4.75. The molecular weight excluding hydrogens is 355 g/mol. The second kappa shape index (κ2) is 7.99. The van der Waals surface area contributed by atoms with Gasteiger partial charge in [0.15, 0.2) is 11.9 Å². The van der Waals surface area contributed by atoms with Crippen molar-refractivity contribution in [2.24, 2.45) is 0 Å². The summed E-state index contributed by atoms with van der Waals surface area (Å²) in [5, 5.41) is 3.00. The SMILES string of the molecule is COc1ccc(C(=O)OC(C)C(=O)Nc2ncc(Cl)cc2Cl)cc1. The summed E-state index contributed by atoms with van der Waals surface area (Å²) in [6.07, 6.45) is 0.310. The second-order valence-corrected chi connectivity index (χ2v) is 5.59. The van der Waals surface area contributed by atoms with Gasteiger partial charge in [-0.2, -0.15) is 0 Å². The number of carbonyl (C=O) groups excluding carboxylic acids is 2. The lowest BCUT2D eigenvalue weighted by atomic mass is 10.2. The normalized spacial score (nSPS) is 11.5. The van der Waals surface area contributed by atoms with Gasteiger partial charge >= 0.3 is 5.97 Å². The van der Waals surface area contributed by atoms with Gasteiger partial charge in [-0.3, -0.25) is 4.79 Å². The summed E-state index contributed by atoms with van der Waals surface area (Å²) in [7, 11) is 1.52. The highest BCUT2D eigenvalue weighted by Gasteiger charge is 2.20. The van der Waals surface area contributed by atoms with Gasteiger partial charge in [0.05, 0.1) is 22.7 Å². The van der Waals surface area contributed by atoms with E-state index in [0.717, 1.165) is 0 Å². The number of nitrogens with zero attached hydrogens (tertiary/aromatic N) is 1. The third kappa shape index (κ3) is 4.59. The number of amides is 1. The van der Waals surface area contributed by atoms with Crippen LogP contribution in [0.3, 0.4) is 0 Å². The standard InChI is InChI=1S/C16H14Cl2N2O4/c1-9(15(21)20-14-13(18)7-11(17)8-19-14)24-16(22)10-3-5-12(23-2)6-4-10/h3-9H,1-2H3,(H,19,20,21). The maximum atomic E-state index is 12.1. The van der Waals surface area contributed by atoms with E-state index in [1.165, 1.54) is 26.3 Å². The van der Waals surface area contributed by atoms with Gasteiger partial charge in [-0.25, -0.2) is 9.78 Å². The summed E-state index contributed by atoms with van der Waals surface area (Å²) in [5.74, 6) is -0.441. The zero-order valence-corrected chi connectivity index (χ0v) is 14.4. The molecule has 0 aliphatic rings. The Labute approximate surface area is 148 Å². The highest BCUT2D eigenvalue weighted by Crippen LogP contribution is 2.22. The minimum atomic E-state index is -1.03. The molecule has 8 heteroatoms. The summed E-state index contributed by atoms with van der Waals surface area (Å²) >= 11 is 11.7. The minimum absolute atomic E-state index is 0.137. The van der Waals surface area contributed by atoms with Crippen molar-refractivity contribution in [3.05, 3.63) is 52.1 Å². The van der Waals surface area contributed by atoms with Crippen LogP contribution in [-0.4, -0.2) is 30.1 Å². The number of nitrogens with one attached hydrogen (secondary N) is 1. The molecule has 1 aromatic heterocycles. The van der Waals surface area contributed by atoms with Crippen molar-refractivity contribution in [1.82, 2.24) is 4.98 Å². The highest BCUT2D eigenvalue weighted by atomic mass is 35.5. The number of benzene rings is 1. The molecule has 6 nitrogen and oxygen atoms in total. The van der Waals surface area contributed by atoms with Crippen LogP contribution < -0.4 is 10.1 Å². The van der Waals surface area contributed by atoms with E-state index in [4.69, 9.17) is 32.7 Å². The van der Waals surface area contributed by atoms with E-state index < -0.39 is 18.0 Å². The van der Waals surface area contributed by atoms with E-state index in [1.807, 2.05) is 0 Å². The number of pyridine rings is 1. The molecular formula is C16H14Cl2N2O4. The Morgan fingerprint density at radius 1 is 1.21 bits per heavy atom. The van der Waals surface area contributed by atoms with Gasteiger partial charge in [0.25, 0.3) is 5.91 Å². The molecule has 1 heterocycles. The minimum Gasteiger partial charge on any atom is -0.497 e. The third-order valence-electron chi connectivity index (χ3n) is 3.03. The monoisotopic (exact) mass is 368 g/mol. The Morgan fingerprint density at radius 2 is 1.88 bits per heavy atom. The first-order chi connectivity index (χ1) is 11.4. The molecule has 0 aliphatic carbocycles. The van der Waals surface area contributed by atoms with Crippen molar-refractivity contribution in [3.8, 4) is 5.75 Å². The van der Waals surface area contributed by atoms with Crippen LogP contribution in [0.15, 0.2) is 36.5 Å². The average molecular weight is 369 g/mol. The van der Waals surface area contributed by atoms with Crippen molar-refractivity contribution >= 4 is 40.9 Å². The number of anilines is 1. The van der Waals surface area contributed by atoms with Gasteiger partial charge < -0.3 is 14.8 Å². The Hall–Kier alpha value is -2.31. The van der Waals surface area contributed by atoms with Crippen LogP contribution >= 0.6 is 23.2 Å². The fraction of sp³-hybridized carbons (Fsp3) is 0.188. The number of esters is 1. The Morgan fingerprint density at radius 3 is 2.46 bits per heavy atom. The van der Waals surface area contributed by atoms with Crippen LogP contribution in [0.25, 0.3) is 0 Å². The maximum absolute atomic E-state index is 12.1. The number of carbonyl (C=O) groups is 2. The molecule has 0 aliphatic heterocycles. The van der Waals surface area contributed by atoms with E-state index in [0.29, 0.717) is 16.3 Å². The number of halogens is 2. The summed E-state index contributed by atoms with van der Waals surface area (Å²) in [6.45, 7) is 1.45. The Balaban J connectivity index is 1.98. The Kier molecular flexibility index (Phi) is 6.00. The van der Waals surface area contributed by atoms with Gasteiger partial charge in [0, 0.05) is 6.20 Å². The molecule has 0 radical (unpaired) electrons. The van der Waals surface area contributed by atoms with E-state index in [9.17, 15) is 9.59 Å². The number of ether oxygens (including phenoxy) is 2. The lowest BCUT2D eigenvalue weighted by molar-refractivity contribution is -0.123. The molecule has 1 atom stereocenters. The zero-order chi connectivity index (χ0) is 17.7. The number of methoxy groups -OCH3 is 1. The molecule has 0 bridgehead atoms. The van der Waals surface area contributed by atoms with Crippen molar-refractivity contribution < 1.29 is 19.1 Å². The summed E-state index contributed by atoms with van der Waals surface area (Å²) in [5.41, 5.74) is 0.304. The molecule has 0 saturated carbocycles. The molecule has 1 unspecified atom stereocenters. The van der Waals surface area contributed by atoms with Crippen molar-refractivity contribution in [1.29, 1.82) is 0 Å². The number of rotatable bonds is 5. The van der Waals surface area contributed by atoms with Crippen LogP contribution in [0, 0.1) is 0 Å². The predicted octanol–water partition coefficient (Wildman–Crippen LogP) is 3.58. The lowest BCUT2D eigenvalue weighted by Gasteiger charge is -2.14. The van der Waals surface area contributed by atoms with Crippen molar-refractivity contribution in [2.45, 2.75) is 13.0 Å². The molecule has 1 N–H and O–H groups in total. The van der Waals surface area contributed by atoms with Crippen LogP contribution in [-0.2, 0) is 9.53 Å². The quantitative estimate of drug-likeness (QED) is 0.816. The first-order valence-electron chi connectivity index (χ1n) is 6.87. The molecule has 2 rings (SSSR count). The fourth-order valence-corrected chi connectivity index (χ4v) is 2.16. The summed E-state index contributed by atoms with van der Waals surface area (Å²) in [6, 6.07) is 7.78. The van der Waals surface area contributed by atoms with Gasteiger partial charge in [-0.1, -0.05) is 23.2 Å². The van der Waals surface area contributed by atoms with Crippen LogP contribution in [0.1, 0.15) is 17.3 Å². The average Bonchev–Trinajstić information content (AvgIpc) is 2.57. The predicted molar refractivity (Wildman–Crippen MR) is 90.8 cm³/mol. The van der Waals surface area contributed by atoms with E-state index in [1.54, 1.807) is 24.3 Å². The lowest BCUT2D eigenvalue weighted by Crippen LogP contribution is -2.30. The molecule has 24 heavy (non-hydrogen) atoms. The third-order valence-corrected chi connectivity index (χ3v) is 3.52.